The van der Waals surface area contributed by atoms with Crippen molar-refractivity contribution in [2.75, 3.05) is 5.32 Å². The molecule has 6 heteroatoms. The Morgan fingerprint density at radius 3 is 2.71 bits per heavy atom. The highest BCUT2D eigenvalue weighted by molar-refractivity contribution is 5.94. The Kier molecular flexibility index (Phi) is 4.54. The van der Waals surface area contributed by atoms with Crippen LogP contribution >= 0.6 is 0 Å². The number of nitriles is 1. The lowest BCUT2D eigenvalue weighted by Gasteiger charge is -2.08. The highest BCUT2D eigenvalue weighted by atomic mass is 16.3. The van der Waals surface area contributed by atoms with Gasteiger partial charge in [-0.25, -0.2) is 0 Å². The van der Waals surface area contributed by atoms with E-state index >= 15 is 0 Å². The summed E-state index contributed by atoms with van der Waals surface area (Å²) < 4.78 is 5.18. The van der Waals surface area contributed by atoms with Gasteiger partial charge in [0.2, 0.25) is 0 Å². The van der Waals surface area contributed by atoms with Crippen LogP contribution in [0.1, 0.15) is 21.7 Å². The molecule has 2 N–H and O–H groups in total. The van der Waals surface area contributed by atoms with E-state index in [0.717, 1.165) is 5.69 Å². The number of nitrogens with zero attached hydrogens (tertiary/aromatic N) is 2. The van der Waals surface area contributed by atoms with Crippen LogP contribution in [0.15, 0.2) is 65.5 Å². The second-order valence-electron chi connectivity index (χ2n) is 5.04. The van der Waals surface area contributed by atoms with Gasteiger partial charge in [0, 0.05) is 11.9 Å². The molecule has 0 saturated heterocycles. The molecule has 3 aromatic rings. The van der Waals surface area contributed by atoms with Crippen molar-refractivity contribution in [3.8, 4) is 6.07 Å². The van der Waals surface area contributed by atoms with Crippen molar-refractivity contribution < 1.29 is 9.21 Å². The van der Waals surface area contributed by atoms with Gasteiger partial charge in [-0.15, -0.1) is 0 Å². The van der Waals surface area contributed by atoms with E-state index in [1.54, 1.807) is 54.9 Å². The van der Waals surface area contributed by atoms with Gasteiger partial charge in [0.15, 0.2) is 0 Å². The van der Waals surface area contributed by atoms with Crippen molar-refractivity contribution >= 4 is 17.3 Å². The average Bonchev–Trinajstić information content (AvgIpc) is 3.14. The lowest BCUT2D eigenvalue weighted by Crippen LogP contribution is -2.22. The number of nitrogens with one attached hydrogen (secondary N) is 2. The van der Waals surface area contributed by atoms with Crippen molar-refractivity contribution in [1.82, 2.24) is 10.3 Å². The van der Waals surface area contributed by atoms with E-state index in [1.165, 1.54) is 6.20 Å². The maximum atomic E-state index is 12.2. The SMILES string of the molecule is N#Cc1ccc(Nc2cncc(C(=O)NCc3ccco3)c2)cc1. The summed E-state index contributed by atoms with van der Waals surface area (Å²) >= 11 is 0. The Morgan fingerprint density at radius 1 is 1.17 bits per heavy atom. The summed E-state index contributed by atoms with van der Waals surface area (Å²) in [7, 11) is 0. The van der Waals surface area contributed by atoms with Crippen LogP contribution in [0.2, 0.25) is 0 Å². The van der Waals surface area contributed by atoms with Crippen LogP contribution in [-0.4, -0.2) is 10.9 Å². The summed E-state index contributed by atoms with van der Waals surface area (Å²) in [4.78, 5) is 16.3. The Hall–Kier alpha value is -3.59. The Balaban J connectivity index is 1.66. The molecule has 118 valence electrons. The molecule has 0 unspecified atom stereocenters. The van der Waals surface area contributed by atoms with E-state index in [0.29, 0.717) is 29.1 Å². The number of benzene rings is 1. The monoisotopic (exact) mass is 318 g/mol. The van der Waals surface area contributed by atoms with E-state index in [4.69, 9.17) is 9.68 Å². The van der Waals surface area contributed by atoms with Crippen LogP contribution in [0.4, 0.5) is 11.4 Å². The van der Waals surface area contributed by atoms with Gasteiger partial charge >= 0.3 is 0 Å². The van der Waals surface area contributed by atoms with Gasteiger partial charge in [-0.1, -0.05) is 0 Å². The molecule has 0 fully saturated rings. The first kappa shape index (κ1) is 15.3. The predicted molar refractivity (Wildman–Crippen MR) is 88.6 cm³/mol. The van der Waals surface area contributed by atoms with Gasteiger partial charge in [-0.05, 0) is 42.5 Å². The van der Waals surface area contributed by atoms with Gasteiger partial charge in [0.1, 0.15) is 5.76 Å². The molecule has 0 aliphatic rings. The van der Waals surface area contributed by atoms with E-state index in [-0.39, 0.29) is 5.91 Å². The number of anilines is 2. The number of aromatic nitrogens is 1. The summed E-state index contributed by atoms with van der Waals surface area (Å²) in [6.45, 7) is 0.319. The highest BCUT2D eigenvalue weighted by Crippen LogP contribution is 2.17. The minimum atomic E-state index is -0.234. The molecule has 1 aromatic carbocycles. The van der Waals surface area contributed by atoms with Gasteiger partial charge in [-0.3, -0.25) is 9.78 Å². The maximum absolute atomic E-state index is 12.2. The maximum Gasteiger partial charge on any atom is 0.253 e. The van der Waals surface area contributed by atoms with Crippen molar-refractivity contribution in [2.24, 2.45) is 0 Å². The number of hydrogen-bond donors (Lipinski definition) is 2. The number of pyridine rings is 1. The number of rotatable bonds is 5. The lowest BCUT2D eigenvalue weighted by atomic mass is 10.2. The molecule has 1 amide bonds. The molecule has 0 aliphatic heterocycles. The summed E-state index contributed by atoms with van der Waals surface area (Å²) in [5.74, 6) is 0.450. The zero-order valence-corrected chi connectivity index (χ0v) is 12.7. The fraction of sp³-hybridized carbons (Fsp3) is 0.0556. The van der Waals surface area contributed by atoms with Crippen molar-refractivity contribution in [3.05, 3.63) is 78.0 Å². The Morgan fingerprint density at radius 2 is 2.00 bits per heavy atom. The number of carbonyl (C=O) groups excluding carboxylic acids is 1. The number of carbonyl (C=O) groups is 1. The zero-order valence-electron chi connectivity index (χ0n) is 12.7. The fourth-order valence-electron chi connectivity index (χ4n) is 2.11. The van der Waals surface area contributed by atoms with Crippen molar-refractivity contribution in [1.29, 1.82) is 5.26 Å². The molecule has 6 nitrogen and oxygen atoms in total. The van der Waals surface area contributed by atoms with Crippen LogP contribution in [0, 0.1) is 11.3 Å². The smallest absolute Gasteiger partial charge is 0.253 e. The molecule has 0 radical (unpaired) electrons. The number of hydrogen-bond acceptors (Lipinski definition) is 5. The normalized spacial score (nSPS) is 9.96. The van der Waals surface area contributed by atoms with Crippen LogP contribution in [-0.2, 0) is 6.54 Å². The van der Waals surface area contributed by atoms with Crippen molar-refractivity contribution in [3.63, 3.8) is 0 Å². The molecular weight excluding hydrogens is 304 g/mol. The predicted octanol–water partition coefficient (Wildman–Crippen LogP) is 3.22. The van der Waals surface area contributed by atoms with Gasteiger partial charge in [0.25, 0.3) is 5.91 Å². The first-order chi connectivity index (χ1) is 11.7. The van der Waals surface area contributed by atoms with Crippen LogP contribution in [0.3, 0.4) is 0 Å². The van der Waals surface area contributed by atoms with Crippen molar-refractivity contribution in [2.45, 2.75) is 6.54 Å². The number of furan rings is 1. The molecule has 0 aliphatic carbocycles. The summed E-state index contributed by atoms with van der Waals surface area (Å²) in [6, 6.07) is 14.4. The van der Waals surface area contributed by atoms with Gasteiger partial charge < -0.3 is 15.1 Å². The molecule has 3 rings (SSSR count). The second kappa shape index (κ2) is 7.11. The summed E-state index contributed by atoms with van der Waals surface area (Å²) in [5.41, 5.74) is 2.53. The Labute approximate surface area is 138 Å². The molecule has 0 atom stereocenters. The molecular formula is C18H14N4O2. The minimum absolute atomic E-state index is 0.234. The molecule has 0 spiro atoms. The quantitative estimate of drug-likeness (QED) is 0.753. The van der Waals surface area contributed by atoms with Gasteiger partial charge in [-0.2, -0.15) is 5.26 Å². The first-order valence-electron chi connectivity index (χ1n) is 7.27. The minimum Gasteiger partial charge on any atom is -0.467 e. The Bertz CT molecular complexity index is 865. The standard InChI is InChI=1S/C18H14N4O2/c19-9-13-3-5-15(6-4-13)22-16-8-14(10-20-11-16)18(23)21-12-17-2-1-7-24-17/h1-8,10-11,22H,12H2,(H,21,23). The summed E-state index contributed by atoms with van der Waals surface area (Å²) in [5, 5.41) is 14.7. The topological polar surface area (TPSA) is 91.0 Å². The second-order valence-corrected chi connectivity index (χ2v) is 5.04. The van der Waals surface area contributed by atoms with Crippen LogP contribution in [0.5, 0.6) is 0 Å². The van der Waals surface area contributed by atoms with Gasteiger partial charge in [0.05, 0.1) is 41.9 Å². The lowest BCUT2D eigenvalue weighted by molar-refractivity contribution is 0.0947. The molecule has 0 saturated carbocycles. The molecule has 2 heterocycles. The zero-order chi connectivity index (χ0) is 16.8. The third-order valence-electron chi connectivity index (χ3n) is 3.31. The molecule has 24 heavy (non-hydrogen) atoms. The summed E-state index contributed by atoms with van der Waals surface area (Å²) in [6.07, 6.45) is 4.69. The largest absolute Gasteiger partial charge is 0.467 e. The van der Waals surface area contributed by atoms with Crippen LogP contribution in [0.25, 0.3) is 0 Å². The van der Waals surface area contributed by atoms with E-state index < -0.39 is 0 Å². The molecule has 0 bridgehead atoms. The van der Waals surface area contributed by atoms with E-state index in [9.17, 15) is 4.79 Å². The van der Waals surface area contributed by atoms with Crippen LogP contribution < -0.4 is 10.6 Å². The third-order valence-corrected chi connectivity index (χ3v) is 3.31. The molecule has 2 aromatic heterocycles. The third kappa shape index (κ3) is 3.78. The average molecular weight is 318 g/mol. The fourth-order valence-corrected chi connectivity index (χ4v) is 2.11. The number of amides is 1. The highest BCUT2D eigenvalue weighted by Gasteiger charge is 2.08. The first-order valence-corrected chi connectivity index (χ1v) is 7.27. The van der Waals surface area contributed by atoms with E-state index in [1.807, 2.05) is 0 Å². The van der Waals surface area contributed by atoms with E-state index in [2.05, 4.69) is 21.7 Å².